The van der Waals surface area contributed by atoms with Crippen LogP contribution in [0.3, 0.4) is 0 Å². The molecule has 1 saturated heterocycles. The number of halogens is 1. The molecule has 1 aromatic rings. The molecule has 112 valence electrons. The van der Waals surface area contributed by atoms with E-state index in [0.29, 0.717) is 30.6 Å². The molecule has 2 N–H and O–H groups in total. The van der Waals surface area contributed by atoms with Gasteiger partial charge in [-0.15, -0.1) is 0 Å². The van der Waals surface area contributed by atoms with Crippen molar-refractivity contribution in [3.8, 4) is 0 Å². The number of nitrogens with two attached hydrogens (primary N) is 1. The molecule has 1 aliphatic rings. The zero-order chi connectivity index (χ0) is 14.8. The van der Waals surface area contributed by atoms with Gasteiger partial charge in [0.15, 0.2) is 0 Å². The number of ether oxygens (including phenoxy) is 1. The lowest BCUT2D eigenvalue weighted by molar-refractivity contribution is 0.121. The highest BCUT2D eigenvalue weighted by Crippen LogP contribution is 2.27. The molecule has 5 nitrogen and oxygen atoms in total. The normalized spacial score (nSPS) is 18.3. The quantitative estimate of drug-likeness (QED) is 0.861. The molecule has 20 heavy (non-hydrogen) atoms. The summed E-state index contributed by atoms with van der Waals surface area (Å²) in [5.41, 5.74) is 5.96. The van der Waals surface area contributed by atoms with Crippen LogP contribution in [0.5, 0.6) is 0 Å². The van der Waals surface area contributed by atoms with Gasteiger partial charge in [0, 0.05) is 26.8 Å². The fourth-order valence-corrected chi connectivity index (χ4v) is 4.01. The average molecular weight is 319 g/mol. The molecule has 0 radical (unpaired) electrons. The Morgan fingerprint density at radius 2 is 2.05 bits per heavy atom. The van der Waals surface area contributed by atoms with Crippen molar-refractivity contribution < 1.29 is 13.2 Å². The molecule has 0 saturated carbocycles. The van der Waals surface area contributed by atoms with Crippen LogP contribution in [0.15, 0.2) is 23.1 Å². The maximum atomic E-state index is 12.5. The predicted molar refractivity (Wildman–Crippen MR) is 79.2 cm³/mol. The summed E-state index contributed by atoms with van der Waals surface area (Å²) >= 11 is 5.82. The summed E-state index contributed by atoms with van der Waals surface area (Å²) < 4.78 is 31.6. The summed E-state index contributed by atoms with van der Waals surface area (Å²) in [4.78, 5) is 0.199. The number of methoxy groups -OCH3 is 1. The fourth-order valence-electron chi connectivity index (χ4n) is 2.38. The van der Waals surface area contributed by atoms with E-state index in [-0.39, 0.29) is 10.6 Å². The highest BCUT2D eigenvalue weighted by atomic mass is 35.5. The topological polar surface area (TPSA) is 72.6 Å². The van der Waals surface area contributed by atoms with E-state index in [4.69, 9.17) is 22.1 Å². The Balaban J connectivity index is 2.13. The minimum atomic E-state index is -3.49. The number of benzene rings is 1. The summed E-state index contributed by atoms with van der Waals surface area (Å²) in [5.74, 6) is 0.432. The molecule has 0 aliphatic carbocycles. The Bertz CT molecular complexity index is 569. The van der Waals surface area contributed by atoms with Crippen molar-refractivity contribution in [2.24, 2.45) is 5.92 Å². The zero-order valence-corrected chi connectivity index (χ0v) is 13.0. The lowest BCUT2D eigenvalue weighted by atomic mass is 9.99. The second-order valence-corrected chi connectivity index (χ2v) is 7.33. The van der Waals surface area contributed by atoms with Gasteiger partial charge in [-0.05, 0) is 37.0 Å². The van der Waals surface area contributed by atoms with Crippen molar-refractivity contribution in [1.82, 2.24) is 4.31 Å². The number of hydrogen-bond acceptors (Lipinski definition) is 4. The number of anilines is 1. The lowest BCUT2D eigenvalue weighted by Gasteiger charge is -2.30. The van der Waals surface area contributed by atoms with E-state index in [1.54, 1.807) is 7.11 Å². The number of hydrogen-bond donors (Lipinski definition) is 1. The molecule has 1 heterocycles. The minimum Gasteiger partial charge on any atom is -0.397 e. The summed E-state index contributed by atoms with van der Waals surface area (Å²) in [6, 6.07) is 4.43. The largest absolute Gasteiger partial charge is 0.397 e. The smallest absolute Gasteiger partial charge is 0.243 e. The molecule has 0 amide bonds. The van der Waals surface area contributed by atoms with Crippen LogP contribution >= 0.6 is 11.6 Å². The lowest BCUT2D eigenvalue weighted by Crippen LogP contribution is -2.39. The third kappa shape index (κ3) is 3.25. The maximum Gasteiger partial charge on any atom is 0.243 e. The predicted octanol–water partition coefficient (Wildman–Crippen LogP) is 1.97. The van der Waals surface area contributed by atoms with E-state index < -0.39 is 10.0 Å². The Kier molecular flexibility index (Phi) is 4.90. The standard InChI is InChI=1S/C13H19ClN2O3S/c1-19-9-10-4-6-16(7-5-10)20(17,18)11-2-3-12(14)13(15)8-11/h2-3,8,10H,4-7,9,15H2,1H3. The number of piperidine rings is 1. The molecular formula is C13H19ClN2O3S. The monoisotopic (exact) mass is 318 g/mol. The van der Waals surface area contributed by atoms with Crippen LogP contribution in [0.2, 0.25) is 5.02 Å². The van der Waals surface area contributed by atoms with Crippen molar-refractivity contribution >= 4 is 27.3 Å². The summed E-state index contributed by atoms with van der Waals surface area (Å²) in [7, 11) is -1.82. The van der Waals surface area contributed by atoms with E-state index in [9.17, 15) is 8.42 Å². The first-order valence-corrected chi connectivity index (χ1v) is 8.31. The first-order valence-electron chi connectivity index (χ1n) is 6.49. The van der Waals surface area contributed by atoms with E-state index in [1.807, 2.05) is 0 Å². The molecule has 1 aliphatic heterocycles. The Labute approximate surface area is 124 Å². The zero-order valence-electron chi connectivity index (χ0n) is 11.4. The van der Waals surface area contributed by atoms with Crippen LogP contribution in [0.1, 0.15) is 12.8 Å². The first kappa shape index (κ1) is 15.6. The summed E-state index contributed by atoms with van der Waals surface area (Å²) in [6.45, 7) is 1.71. The van der Waals surface area contributed by atoms with Gasteiger partial charge in [-0.2, -0.15) is 4.31 Å². The van der Waals surface area contributed by atoms with Crippen LogP contribution < -0.4 is 5.73 Å². The van der Waals surface area contributed by atoms with Gasteiger partial charge >= 0.3 is 0 Å². The Morgan fingerprint density at radius 1 is 1.40 bits per heavy atom. The molecule has 0 bridgehead atoms. The van der Waals surface area contributed by atoms with Gasteiger partial charge < -0.3 is 10.5 Å². The van der Waals surface area contributed by atoms with Crippen molar-refractivity contribution in [1.29, 1.82) is 0 Å². The first-order chi connectivity index (χ1) is 9.45. The van der Waals surface area contributed by atoms with E-state index in [2.05, 4.69) is 0 Å². The van der Waals surface area contributed by atoms with Crippen molar-refractivity contribution in [3.63, 3.8) is 0 Å². The van der Waals surface area contributed by atoms with Crippen LogP contribution in [0, 0.1) is 5.92 Å². The minimum absolute atomic E-state index is 0.199. The Morgan fingerprint density at radius 3 is 2.60 bits per heavy atom. The van der Waals surface area contributed by atoms with Crippen molar-refractivity contribution in [2.45, 2.75) is 17.7 Å². The van der Waals surface area contributed by atoms with Crippen LogP contribution in [0.4, 0.5) is 5.69 Å². The van der Waals surface area contributed by atoms with Crippen LogP contribution in [-0.2, 0) is 14.8 Å². The molecule has 7 heteroatoms. The van der Waals surface area contributed by atoms with E-state index in [0.717, 1.165) is 12.8 Å². The molecule has 1 aromatic carbocycles. The van der Waals surface area contributed by atoms with Gasteiger partial charge in [0.25, 0.3) is 0 Å². The highest BCUT2D eigenvalue weighted by molar-refractivity contribution is 7.89. The SMILES string of the molecule is COCC1CCN(S(=O)(=O)c2ccc(Cl)c(N)c2)CC1. The fraction of sp³-hybridized carbons (Fsp3) is 0.538. The van der Waals surface area contributed by atoms with Gasteiger partial charge in [-0.3, -0.25) is 0 Å². The van der Waals surface area contributed by atoms with Crippen molar-refractivity contribution in [2.75, 3.05) is 32.5 Å². The highest BCUT2D eigenvalue weighted by Gasteiger charge is 2.29. The second-order valence-electron chi connectivity index (χ2n) is 4.99. The van der Waals surface area contributed by atoms with Gasteiger partial charge in [-0.25, -0.2) is 8.42 Å². The Hall–Kier alpha value is -0.820. The van der Waals surface area contributed by atoms with Crippen LogP contribution in [0.25, 0.3) is 0 Å². The van der Waals surface area contributed by atoms with Crippen molar-refractivity contribution in [3.05, 3.63) is 23.2 Å². The van der Waals surface area contributed by atoms with Crippen LogP contribution in [-0.4, -0.2) is 39.5 Å². The third-order valence-corrected chi connectivity index (χ3v) is 5.82. The second kappa shape index (κ2) is 6.30. The number of nitrogens with zero attached hydrogens (tertiary/aromatic N) is 1. The van der Waals surface area contributed by atoms with Gasteiger partial charge in [0.2, 0.25) is 10.0 Å². The van der Waals surface area contributed by atoms with Gasteiger partial charge in [-0.1, -0.05) is 11.6 Å². The van der Waals surface area contributed by atoms with Gasteiger partial charge in [0.1, 0.15) is 0 Å². The molecule has 1 fully saturated rings. The molecular weight excluding hydrogens is 300 g/mol. The number of nitrogen functional groups attached to an aromatic ring is 1. The molecule has 2 rings (SSSR count). The molecule has 0 unspecified atom stereocenters. The van der Waals surface area contributed by atoms with E-state index in [1.165, 1.54) is 22.5 Å². The summed E-state index contributed by atoms with van der Waals surface area (Å²) in [6.07, 6.45) is 1.63. The number of rotatable bonds is 4. The molecule has 0 aromatic heterocycles. The van der Waals surface area contributed by atoms with Gasteiger partial charge in [0.05, 0.1) is 15.6 Å². The third-order valence-electron chi connectivity index (χ3n) is 3.58. The molecule has 0 atom stereocenters. The maximum absolute atomic E-state index is 12.5. The van der Waals surface area contributed by atoms with E-state index >= 15 is 0 Å². The number of sulfonamides is 1. The molecule has 0 spiro atoms. The summed E-state index contributed by atoms with van der Waals surface area (Å²) in [5, 5.41) is 0.364. The average Bonchev–Trinajstić information content (AvgIpc) is 2.43.